The van der Waals surface area contributed by atoms with E-state index in [0.29, 0.717) is 15.6 Å². The SMILES string of the molecule is O=[N+]([O-])c1cc(C=Nn2cnnc2)ccc1Sc1ncn[nH]1. The highest BCUT2D eigenvalue weighted by atomic mass is 32.2. The Bertz CT molecular complexity index is 800. The van der Waals surface area contributed by atoms with Gasteiger partial charge in [-0.05, 0) is 17.8 Å². The fraction of sp³-hybridized carbons (Fsp3) is 0. The van der Waals surface area contributed by atoms with E-state index in [9.17, 15) is 10.1 Å². The fourth-order valence-corrected chi connectivity index (χ4v) is 2.36. The molecule has 1 N–H and O–H groups in total. The van der Waals surface area contributed by atoms with Crippen LogP contribution in [0.3, 0.4) is 0 Å². The summed E-state index contributed by atoms with van der Waals surface area (Å²) in [6.07, 6.45) is 5.66. The van der Waals surface area contributed by atoms with Gasteiger partial charge in [0.1, 0.15) is 19.0 Å². The van der Waals surface area contributed by atoms with Gasteiger partial charge in [0.25, 0.3) is 5.69 Å². The smallest absolute Gasteiger partial charge is 0.258 e. The number of hydrogen-bond acceptors (Lipinski definition) is 8. The number of aromatic amines is 1. The van der Waals surface area contributed by atoms with Crippen molar-refractivity contribution in [2.45, 2.75) is 10.1 Å². The van der Waals surface area contributed by atoms with Gasteiger partial charge in [-0.1, -0.05) is 6.07 Å². The van der Waals surface area contributed by atoms with Gasteiger partial charge in [-0.15, -0.1) is 10.2 Å². The van der Waals surface area contributed by atoms with Crippen molar-refractivity contribution >= 4 is 23.7 Å². The molecule has 0 aliphatic rings. The van der Waals surface area contributed by atoms with Gasteiger partial charge in [0.2, 0.25) is 0 Å². The van der Waals surface area contributed by atoms with Gasteiger partial charge >= 0.3 is 0 Å². The van der Waals surface area contributed by atoms with Crippen LogP contribution in [0.2, 0.25) is 0 Å². The Balaban J connectivity index is 1.88. The minimum atomic E-state index is -0.450. The van der Waals surface area contributed by atoms with Crippen LogP contribution in [0.1, 0.15) is 5.56 Å². The van der Waals surface area contributed by atoms with Crippen LogP contribution in [-0.4, -0.2) is 41.2 Å². The molecule has 2 aromatic heterocycles. The molecule has 0 saturated carbocycles. The van der Waals surface area contributed by atoms with E-state index in [1.165, 1.54) is 35.9 Å². The van der Waals surface area contributed by atoms with E-state index < -0.39 is 4.92 Å². The van der Waals surface area contributed by atoms with E-state index in [2.05, 4.69) is 30.5 Å². The Kier molecular flexibility index (Phi) is 3.87. The molecule has 2 heterocycles. The molecule has 0 aliphatic carbocycles. The zero-order valence-electron chi connectivity index (χ0n) is 10.9. The van der Waals surface area contributed by atoms with Crippen LogP contribution in [0.25, 0.3) is 0 Å². The molecule has 0 bridgehead atoms. The van der Waals surface area contributed by atoms with Crippen LogP contribution in [0.4, 0.5) is 5.69 Å². The predicted octanol–water partition coefficient (Wildman–Crippen LogP) is 1.34. The summed E-state index contributed by atoms with van der Waals surface area (Å²) in [6.45, 7) is 0. The maximum atomic E-state index is 11.2. The van der Waals surface area contributed by atoms with Crippen molar-refractivity contribution in [2.75, 3.05) is 0 Å². The Labute approximate surface area is 127 Å². The maximum absolute atomic E-state index is 11.2. The van der Waals surface area contributed by atoms with Gasteiger partial charge in [-0.3, -0.25) is 15.2 Å². The molecule has 11 heteroatoms. The summed E-state index contributed by atoms with van der Waals surface area (Å²) in [5, 5.41) is 29.3. The molecule has 0 aliphatic heterocycles. The van der Waals surface area contributed by atoms with E-state index in [-0.39, 0.29) is 5.69 Å². The largest absolute Gasteiger partial charge is 0.283 e. The standard InChI is InChI=1S/C11H8N8O2S/c20-19(21)9-3-8(4-16-18-6-14-15-7-18)1-2-10(9)22-11-12-5-13-17-11/h1-7H,(H,12,13,17). The summed E-state index contributed by atoms with van der Waals surface area (Å²) in [6, 6.07) is 4.80. The van der Waals surface area contributed by atoms with Gasteiger partial charge in [0.05, 0.1) is 16.0 Å². The molecule has 3 rings (SSSR count). The first-order valence-corrected chi connectivity index (χ1v) is 6.74. The maximum Gasteiger partial charge on any atom is 0.283 e. The molecule has 0 atom stereocenters. The minimum Gasteiger partial charge on any atom is -0.258 e. The average molecular weight is 316 g/mol. The summed E-state index contributed by atoms with van der Waals surface area (Å²) >= 11 is 1.13. The monoisotopic (exact) mass is 316 g/mol. The zero-order chi connectivity index (χ0) is 15.4. The quantitative estimate of drug-likeness (QED) is 0.427. The number of nitro benzene ring substituents is 1. The molecule has 0 saturated heterocycles. The van der Waals surface area contributed by atoms with Crippen LogP contribution in [0.5, 0.6) is 0 Å². The predicted molar refractivity (Wildman–Crippen MR) is 76.6 cm³/mol. The molecule has 0 amide bonds. The molecule has 0 radical (unpaired) electrons. The van der Waals surface area contributed by atoms with Crippen molar-refractivity contribution in [3.05, 3.63) is 52.9 Å². The first kappa shape index (κ1) is 13.9. The Morgan fingerprint density at radius 1 is 1.36 bits per heavy atom. The van der Waals surface area contributed by atoms with Crippen LogP contribution in [0.15, 0.2) is 52.3 Å². The summed E-state index contributed by atoms with van der Waals surface area (Å²) in [4.78, 5) is 15.2. The van der Waals surface area contributed by atoms with E-state index in [1.807, 2.05) is 0 Å². The van der Waals surface area contributed by atoms with Crippen molar-refractivity contribution in [3.8, 4) is 0 Å². The van der Waals surface area contributed by atoms with Crippen molar-refractivity contribution in [1.82, 2.24) is 30.1 Å². The Morgan fingerprint density at radius 3 is 2.86 bits per heavy atom. The number of rotatable bonds is 5. The van der Waals surface area contributed by atoms with E-state index in [4.69, 9.17) is 0 Å². The lowest BCUT2D eigenvalue weighted by atomic mass is 10.2. The molecule has 0 spiro atoms. The lowest BCUT2D eigenvalue weighted by Gasteiger charge is -2.01. The first-order chi connectivity index (χ1) is 10.7. The highest BCUT2D eigenvalue weighted by Gasteiger charge is 2.16. The highest BCUT2D eigenvalue weighted by molar-refractivity contribution is 7.99. The highest BCUT2D eigenvalue weighted by Crippen LogP contribution is 2.33. The fourth-order valence-electron chi connectivity index (χ4n) is 1.58. The second-order valence-corrected chi connectivity index (χ2v) is 4.99. The van der Waals surface area contributed by atoms with Crippen LogP contribution in [0, 0.1) is 10.1 Å². The van der Waals surface area contributed by atoms with Crippen molar-refractivity contribution in [3.63, 3.8) is 0 Å². The molecular weight excluding hydrogens is 308 g/mol. The van der Waals surface area contributed by atoms with E-state index in [0.717, 1.165) is 11.8 Å². The van der Waals surface area contributed by atoms with Crippen LogP contribution >= 0.6 is 11.8 Å². The number of H-pyrrole nitrogens is 1. The van der Waals surface area contributed by atoms with Gasteiger partial charge in [0, 0.05) is 11.6 Å². The number of nitro groups is 1. The zero-order valence-corrected chi connectivity index (χ0v) is 11.7. The minimum absolute atomic E-state index is 0.0332. The number of benzene rings is 1. The third-order valence-electron chi connectivity index (χ3n) is 2.53. The number of aromatic nitrogens is 6. The molecule has 0 unspecified atom stereocenters. The third kappa shape index (κ3) is 3.15. The lowest BCUT2D eigenvalue weighted by Crippen LogP contribution is -1.94. The summed E-state index contributed by atoms with van der Waals surface area (Å²) in [7, 11) is 0. The first-order valence-electron chi connectivity index (χ1n) is 5.93. The van der Waals surface area contributed by atoms with Crippen LogP contribution in [-0.2, 0) is 0 Å². The van der Waals surface area contributed by atoms with Gasteiger partial charge in [0.15, 0.2) is 5.16 Å². The molecule has 22 heavy (non-hydrogen) atoms. The van der Waals surface area contributed by atoms with Crippen molar-refractivity contribution in [2.24, 2.45) is 5.10 Å². The summed E-state index contributed by atoms with van der Waals surface area (Å²) in [5.41, 5.74) is 0.552. The summed E-state index contributed by atoms with van der Waals surface area (Å²) in [5.74, 6) is 0. The lowest BCUT2D eigenvalue weighted by molar-refractivity contribution is -0.387. The number of hydrogen-bond donors (Lipinski definition) is 1. The number of nitrogens with zero attached hydrogens (tertiary/aromatic N) is 7. The van der Waals surface area contributed by atoms with Crippen molar-refractivity contribution < 1.29 is 4.92 Å². The van der Waals surface area contributed by atoms with Crippen molar-refractivity contribution in [1.29, 1.82) is 0 Å². The molecule has 10 nitrogen and oxygen atoms in total. The molecular formula is C11H8N8O2S. The normalized spacial score (nSPS) is 11.1. The van der Waals surface area contributed by atoms with Gasteiger partial charge in [-0.2, -0.15) is 10.2 Å². The Morgan fingerprint density at radius 2 is 2.18 bits per heavy atom. The second kappa shape index (κ2) is 6.13. The molecule has 0 fully saturated rings. The van der Waals surface area contributed by atoms with E-state index in [1.54, 1.807) is 12.1 Å². The Hall–Kier alpha value is -3.08. The van der Waals surface area contributed by atoms with E-state index >= 15 is 0 Å². The van der Waals surface area contributed by atoms with Gasteiger partial charge in [-0.25, -0.2) is 9.66 Å². The molecule has 1 aromatic carbocycles. The number of nitrogens with one attached hydrogen (secondary N) is 1. The second-order valence-electron chi connectivity index (χ2n) is 3.96. The average Bonchev–Trinajstić information content (AvgIpc) is 3.19. The topological polar surface area (TPSA) is 128 Å². The summed E-state index contributed by atoms with van der Waals surface area (Å²) < 4.78 is 1.39. The molecule has 3 aromatic rings. The van der Waals surface area contributed by atoms with Crippen LogP contribution < -0.4 is 0 Å². The molecule has 110 valence electrons. The third-order valence-corrected chi connectivity index (χ3v) is 3.48. The van der Waals surface area contributed by atoms with Gasteiger partial charge < -0.3 is 0 Å².